The molecule has 122 valence electrons. The molecular formula is C15H15N7O2. The van der Waals surface area contributed by atoms with Crippen LogP contribution in [0, 0.1) is 0 Å². The Morgan fingerprint density at radius 1 is 1.29 bits per heavy atom. The third kappa shape index (κ3) is 2.64. The number of fused-ring (bicyclic) bond motifs is 1. The van der Waals surface area contributed by atoms with E-state index >= 15 is 0 Å². The van der Waals surface area contributed by atoms with Crippen molar-refractivity contribution in [3.63, 3.8) is 0 Å². The van der Waals surface area contributed by atoms with Crippen molar-refractivity contribution in [1.29, 1.82) is 0 Å². The number of aromatic nitrogens is 6. The second-order valence-corrected chi connectivity index (χ2v) is 5.76. The van der Waals surface area contributed by atoms with E-state index in [2.05, 4.69) is 30.5 Å². The van der Waals surface area contributed by atoms with E-state index in [9.17, 15) is 9.59 Å². The van der Waals surface area contributed by atoms with Gasteiger partial charge in [0.15, 0.2) is 5.69 Å². The summed E-state index contributed by atoms with van der Waals surface area (Å²) in [5.74, 6) is 0.304. The third-order valence-electron chi connectivity index (χ3n) is 4.12. The summed E-state index contributed by atoms with van der Waals surface area (Å²) in [7, 11) is 0. The molecule has 9 heteroatoms. The van der Waals surface area contributed by atoms with Crippen molar-refractivity contribution >= 4 is 22.7 Å². The van der Waals surface area contributed by atoms with Crippen LogP contribution in [0.1, 0.15) is 36.2 Å². The highest BCUT2D eigenvalue weighted by atomic mass is 16.2. The third-order valence-corrected chi connectivity index (χ3v) is 4.12. The van der Waals surface area contributed by atoms with E-state index in [1.165, 1.54) is 0 Å². The Balaban J connectivity index is 1.66. The molecule has 0 saturated heterocycles. The summed E-state index contributed by atoms with van der Waals surface area (Å²) in [6, 6.07) is -0.0140. The zero-order valence-corrected chi connectivity index (χ0v) is 12.8. The predicted molar refractivity (Wildman–Crippen MR) is 83.5 cm³/mol. The standard InChI is InChI=1S/C15H15N7O2/c23-10-3-1-9(2-4-10)18-14(24)13-12-11(7-17-21-12)19-15(20-13)22-6-5-16-8-22/h5-9H,1-4H2,(H,17,21)(H,18,24). The van der Waals surface area contributed by atoms with Crippen molar-refractivity contribution < 1.29 is 9.59 Å². The van der Waals surface area contributed by atoms with Crippen molar-refractivity contribution in [2.45, 2.75) is 31.7 Å². The van der Waals surface area contributed by atoms with Gasteiger partial charge in [0.05, 0.1) is 6.20 Å². The molecular weight excluding hydrogens is 310 g/mol. The number of amides is 1. The van der Waals surface area contributed by atoms with Crippen LogP contribution in [0.3, 0.4) is 0 Å². The first kappa shape index (κ1) is 14.5. The highest BCUT2D eigenvalue weighted by Crippen LogP contribution is 2.18. The van der Waals surface area contributed by atoms with Crippen LogP contribution in [0.25, 0.3) is 17.0 Å². The van der Waals surface area contributed by atoms with Crippen LogP contribution < -0.4 is 5.32 Å². The van der Waals surface area contributed by atoms with Gasteiger partial charge in [0, 0.05) is 31.3 Å². The van der Waals surface area contributed by atoms with Crippen molar-refractivity contribution in [3.05, 3.63) is 30.6 Å². The maximum absolute atomic E-state index is 12.7. The number of Topliss-reactive ketones (excluding diaryl/α,β-unsaturated/α-hetero) is 1. The molecule has 9 nitrogen and oxygen atoms in total. The Bertz CT molecular complexity index is 890. The Kier molecular flexibility index (Phi) is 3.52. The average Bonchev–Trinajstić information content (AvgIpc) is 3.27. The largest absolute Gasteiger partial charge is 0.348 e. The second-order valence-electron chi connectivity index (χ2n) is 5.76. The quantitative estimate of drug-likeness (QED) is 0.734. The molecule has 24 heavy (non-hydrogen) atoms. The first-order valence-electron chi connectivity index (χ1n) is 7.73. The molecule has 1 fully saturated rings. The normalized spacial score (nSPS) is 15.8. The summed E-state index contributed by atoms with van der Waals surface area (Å²) in [5.41, 5.74) is 1.28. The van der Waals surface area contributed by atoms with Gasteiger partial charge in [0.25, 0.3) is 5.91 Å². The number of imidazole rings is 1. The van der Waals surface area contributed by atoms with E-state index in [0.29, 0.717) is 42.7 Å². The van der Waals surface area contributed by atoms with Gasteiger partial charge in [-0.05, 0) is 12.8 Å². The van der Waals surface area contributed by atoms with Crippen LogP contribution in [0.2, 0.25) is 0 Å². The maximum Gasteiger partial charge on any atom is 0.272 e. The van der Waals surface area contributed by atoms with Gasteiger partial charge >= 0.3 is 0 Å². The van der Waals surface area contributed by atoms with Gasteiger partial charge in [-0.1, -0.05) is 0 Å². The molecule has 0 unspecified atom stereocenters. The fourth-order valence-electron chi connectivity index (χ4n) is 2.82. The van der Waals surface area contributed by atoms with Crippen LogP contribution in [-0.4, -0.2) is 47.4 Å². The fourth-order valence-corrected chi connectivity index (χ4v) is 2.82. The number of hydrogen-bond donors (Lipinski definition) is 2. The first-order valence-corrected chi connectivity index (χ1v) is 7.73. The van der Waals surface area contributed by atoms with Crippen LogP contribution in [0.5, 0.6) is 0 Å². The van der Waals surface area contributed by atoms with Crippen molar-refractivity contribution in [2.24, 2.45) is 0 Å². The molecule has 1 aliphatic carbocycles. The number of aromatic amines is 1. The molecule has 0 aliphatic heterocycles. The van der Waals surface area contributed by atoms with E-state index in [1.54, 1.807) is 29.5 Å². The lowest BCUT2D eigenvalue weighted by Crippen LogP contribution is -2.38. The van der Waals surface area contributed by atoms with Gasteiger partial charge < -0.3 is 5.32 Å². The molecule has 0 bridgehead atoms. The molecule has 3 aromatic rings. The smallest absolute Gasteiger partial charge is 0.272 e. The Morgan fingerprint density at radius 3 is 2.88 bits per heavy atom. The minimum Gasteiger partial charge on any atom is -0.348 e. The lowest BCUT2D eigenvalue weighted by Gasteiger charge is -2.22. The lowest BCUT2D eigenvalue weighted by molar-refractivity contribution is -0.120. The number of hydrogen-bond acceptors (Lipinski definition) is 6. The molecule has 3 heterocycles. The number of carbonyl (C=O) groups is 2. The van der Waals surface area contributed by atoms with E-state index in [4.69, 9.17) is 0 Å². The van der Waals surface area contributed by atoms with Crippen LogP contribution in [0.15, 0.2) is 24.9 Å². The van der Waals surface area contributed by atoms with Gasteiger partial charge in [0.1, 0.15) is 23.1 Å². The van der Waals surface area contributed by atoms with Crippen molar-refractivity contribution in [2.75, 3.05) is 0 Å². The zero-order chi connectivity index (χ0) is 16.5. The highest BCUT2D eigenvalue weighted by molar-refractivity contribution is 6.03. The summed E-state index contributed by atoms with van der Waals surface area (Å²) < 4.78 is 1.63. The number of H-pyrrole nitrogens is 1. The molecule has 0 aromatic carbocycles. The van der Waals surface area contributed by atoms with Gasteiger partial charge in [-0.15, -0.1) is 0 Å². The number of ketones is 1. The summed E-state index contributed by atoms with van der Waals surface area (Å²) in [5, 5.41) is 9.67. The lowest BCUT2D eigenvalue weighted by atomic mass is 9.94. The summed E-state index contributed by atoms with van der Waals surface area (Å²) in [4.78, 5) is 36.7. The highest BCUT2D eigenvalue weighted by Gasteiger charge is 2.23. The topological polar surface area (TPSA) is 118 Å². The maximum atomic E-state index is 12.7. The molecule has 4 rings (SSSR count). The molecule has 1 amide bonds. The monoisotopic (exact) mass is 325 g/mol. The predicted octanol–water partition coefficient (Wildman–Crippen LogP) is 0.780. The van der Waals surface area contributed by atoms with E-state index in [0.717, 1.165) is 0 Å². The number of nitrogens with one attached hydrogen (secondary N) is 2. The molecule has 0 radical (unpaired) electrons. The Labute approximate surface area is 136 Å². The van der Waals surface area contributed by atoms with Crippen LogP contribution in [-0.2, 0) is 4.79 Å². The van der Waals surface area contributed by atoms with Crippen LogP contribution >= 0.6 is 0 Å². The van der Waals surface area contributed by atoms with E-state index in [1.807, 2.05) is 0 Å². The second kappa shape index (κ2) is 5.84. The average molecular weight is 325 g/mol. The van der Waals surface area contributed by atoms with E-state index < -0.39 is 0 Å². The minimum absolute atomic E-state index is 0.0140. The summed E-state index contributed by atoms with van der Waals surface area (Å²) >= 11 is 0. The van der Waals surface area contributed by atoms with Crippen molar-refractivity contribution in [1.82, 2.24) is 35.0 Å². The number of rotatable bonds is 3. The van der Waals surface area contributed by atoms with Gasteiger partial charge in [0.2, 0.25) is 5.95 Å². The summed E-state index contributed by atoms with van der Waals surface area (Å²) in [6.45, 7) is 0. The molecule has 1 aliphatic rings. The Hall–Kier alpha value is -3.10. The molecule has 2 N–H and O–H groups in total. The number of carbonyl (C=O) groups excluding carboxylic acids is 2. The molecule has 0 spiro atoms. The van der Waals surface area contributed by atoms with E-state index in [-0.39, 0.29) is 23.4 Å². The van der Waals surface area contributed by atoms with Crippen molar-refractivity contribution in [3.8, 4) is 5.95 Å². The molecule has 3 aromatic heterocycles. The zero-order valence-electron chi connectivity index (χ0n) is 12.8. The minimum atomic E-state index is -0.299. The SMILES string of the molecule is O=C1CCC(NC(=O)c2nc(-n3ccnc3)nc3cn[nH]c23)CC1. The molecule has 1 saturated carbocycles. The molecule has 0 atom stereocenters. The fraction of sp³-hybridized carbons (Fsp3) is 0.333. The Morgan fingerprint density at radius 2 is 2.12 bits per heavy atom. The van der Waals surface area contributed by atoms with Gasteiger partial charge in [-0.3, -0.25) is 19.3 Å². The van der Waals surface area contributed by atoms with Crippen LogP contribution in [0.4, 0.5) is 0 Å². The number of nitrogens with zero attached hydrogens (tertiary/aromatic N) is 5. The summed E-state index contributed by atoms with van der Waals surface area (Å²) in [6.07, 6.45) is 8.77. The van der Waals surface area contributed by atoms with Gasteiger partial charge in [-0.25, -0.2) is 15.0 Å². The first-order chi connectivity index (χ1) is 11.7. The van der Waals surface area contributed by atoms with Gasteiger partial charge in [-0.2, -0.15) is 5.10 Å².